The number of hydrogen-bond donors (Lipinski definition) is 1. The zero-order valence-corrected chi connectivity index (χ0v) is 18.1. The highest BCUT2D eigenvalue weighted by atomic mass is 19.4. The molecule has 33 heavy (non-hydrogen) atoms. The lowest BCUT2D eigenvalue weighted by molar-refractivity contribution is -0.274. The van der Waals surface area contributed by atoms with Gasteiger partial charge in [-0.05, 0) is 43.7 Å². The van der Waals surface area contributed by atoms with Gasteiger partial charge in [-0.25, -0.2) is 4.79 Å². The molecule has 2 bridgehead atoms. The number of ether oxygens (including phenoxy) is 2. The van der Waals surface area contributed by atoms with Crippen LogP contribution in [0.3, 0.4) is 0 Å². The monoisotopic (exact) mass is 463 g/mol. The third-order valence-electron chi connectivity index (χ3n) is 5.43. The summed E-state index contributed by atoms with van der Waals surface area (Å²) >= 11 is 0. The number of carbonyl (C=O) groups excluding carboxylic acids is 2. The summed E-state index contributed by atoms with van der Waals surface area (Å²) in [5.41, 5.74) is 1.14. The number of fused-ring (bicyclic) bond motifs is 3. The second kappa shape index (κ2) is 8.84. The maximum absolute atomic E-state index is 13.7. The van der Waals surface area contributed by atoms with E-state index in [2.05, 4.69) is 10.1 Å². The molecule has 4 rings (SSSR count). The minimum atomic E-state index is -4.78. The maximum atomic E-state index is 13.7. The Kier molecular flexibility index (Phi) is 6.09. The average molecular weight is 463 g/mol. The first-order valence-electron chi connectivity index (χ1n) is 10.6. The van der Waals surface area contributed by atoms with Crippen molar-refractivity contribution in [3.63, 3.8) is 0 Å². The Balaban J connectivity index is 1.63. The minimum absolute atomic E-state index is 0.0896. The molecule has 2 aromatic rings. The van der Waals surface area contributed by atoms with E-state index in [0.29, 0.717) is 23.4 Å². The van der Waals surface area contributed by atoms with Crippen LogP contribution in [0.5, 0.6) is 11.5 Å². The number of nitrogens with one attached hydrogen (secondary N) is 1. The molecule has 0 unspecified atom stereocenters. The lowest BCUT2D eigenvalue weighted by Gasteiger charge is -2.32. The fraction of sp³-hybridized carbons (Fsp3) is 0.391. The van der Waals surface area contributed by atoms with Crippen molar-refractivity contribution >= 4 is 17.6 Å². The Bertz CT molecular complexity index is 1030. The molecule has 2 atom stereocenters. The van der Waals surface area contributed by atoms with Gasteiger partial charge in [-0.1, -0.05) is 24.3 Å². The number of likely N-dealkylation sites (tertiary alicyclic amines) is 1. The predicted molar refractivity (Wildman–Crippen MR) is 114 cm³/mol. The zero-order chi connectivity index (χ0) is 23.8. The van der Waals surface area contributed by atoms with Gasteiger partial charge in [0.2, 0.25) is 5.91 Å². The van der Waals surface area contributed by atoms with Crippen LogP contribution in [0, 0.1) is 0 Å². The van der Waals surface area contributed by atoms with E-state index in [9.17, 15) is 22.8 Å². The number of carbonyl (C=O) groups is 2. The van der Waals surface area contributed by atoms with Crippen LogP contribution in [0.2, 0.25) is 0 Å². The smallest absolute Gasteiger partial charge is 0.486 e. The van der Waals surface area contributed by atoms with Gasteiger partial charge in [0, 0.05) is 12.5 Å². The van der Waals surface area contributed by atoms with Crippen LogP contribution in [0.1, 0.15) is 25.8 Å². The highest BCUT2D eigenvalue weighted by Gasteiger charge is 2.45. The highest BCUT2D eigenvalue weighted by molar-refractivity contribution is 6.00. The Morgan fingerprint density at radius 1 is 1.18 bits per heavy atom. The lowest BCUT2D eigenvalue weighted by atomic mass is 10.1. The largest absolute Gasteiger partial charge is 0.573 e. The number of anilines is 1. The van der Waals surface area contributed by atoms with E-state index in [-0.39, 0.29) is 42.9 Å². The molecule has 0 aromatic heterocycles. The summed E-state index contributed by atoms with van der Waals surface area (Å²) in [7, 11) is 0. The van der Waals surface area contributed by atoms with Crippen molar-refractivity contribution in [1.82, 2.24) is 10.2 Å². The molecular weight excluding hydrogens is 439 g/mol. The van der Waals surface area contributed by atoms with Crippen LogP contribution in [0.25, 0.3) is 0 Å². The topological polar surface area (TPSA) is 71.1 Å². The number of rotatable bonds is 4. The summed E-state index contributed by atoms with van der Waals surface area (Å²) in [4.78, 5) is 29.4. The Labute approximate surface area is 189 Å². The fourth-order valence-electron chi connectivity index (χ4n) is 4.07. The van der Waals surface area contributed by atoms with Crippen LogP contribution in [-0.2, 0) is 11.3 Å². The number of nitrogens with zero attached hydrogens (tertiary/aromatic N) is 2. The van der Waals surface area contributed by atoms with Crippen LogP contribution >= 0.6 is 0 Å². The number of para-hydroxylation sites is 2. The van der Waals surface area contributed by atoms with Crippen molar-refractivity contribution in [1.29, 1.82) is 0 Å². The molecule has 2 aliphatic rings. The summed E-state index contributed by atoms with van der Waals surface area (Å²) in [6, 6.07) is 11.3. The molecule has 0 radical (unpaired) electrons. The molecule has 1 N–H and O–H groups in total. The van der Waals surface area contributed by atoms with E-state index in [0.717, 1.165) is 0 Å². The van der Waals surface area contributed by atoms with Gasteiger partial charge in [0.1, 0.15) is 23.6 Å². The number of amides is 3. The van der Waals surface area contributed by atoms with Crippen molar-refractivity contribution < 1.29 is 32.2 Å². The van der Waals surface area contributed by atoms with Gasteiger partial charge in [-0.2, -0.15) is 0 Å². The van der Waals surface area contributed by atoms with E-state index in [1.807, 2.05) is 13.8 Å². The Hall–Kier alpha value is -3.43. The Morgan fingerprint density at radius 3 is 2.55 bits per heavy atom. The van der Waals surface area contributed by atoms with Gasteiger partial charge in [0.15, 0.2) is 0 Å². The van der Waals surface area contributed by atoms with Crippen molar-refractivity contribution in [3.05, 3.63) is 54.1 Å². The van der Waals surface area contributed by atoms with Gasteiger partial charge >= 0.3 is 12.4 Å². The summed E-state index contributed by atoms with van der Waals surface area (Å²) < 4.78 is 47.4. The molecular formula is C23H24F3N3O4. The predicted octanol–water partition coefficient (Wildman–Crippen LogP) is 4.07. The van der Waals surface area contributed by atoms with Crippen LogP contribution in [0.15, 0.2) is 48.5 Å². The molecule has 0 saturated carbocycles. The molecule has 3 amide bonds. The molecule has 0 aliphatic carbocycles. The lowest BCUT2D eigenvalue weighted by Crippen LogP contribution is -2.51. The normalized spacial score (nSPS) is 20.1. The van der Waals surface area contributed by atoms with Crippen molar-refractivity contribution in [2.24, 2.45) is 0 Å². The van der Waals surface area contributed by atoms with Gasteiger partial charge in [0.25, 0.3) is 0 Å². The van der Waals surface area contributed by atoms with E-state index < -0.39 is 12.4 Å². The number of benzene rings is 2. The van der Waals surface area contributed by atoms with Gasteiger partial charge in [-0.15, -0.1) is 13.2 Å². The van der Waals surface area contributed by atoms with E-state index >= 15 is 0 Å². The van der Waals surface area contributed by atoms with E-state index in [1.54, 1.807) is 24.3 Å². The standard InChI is InChI=1S/C23H24F3N3O4/c1-14(2)27-22(31)29-13-17-11-19(29)21(30)28(18-5-3-4-6-20(18)32-17)12-15-7-9-16(10-8-15)33-23(24,25)26/h3-10,14,17,19H,11-13H2,1-2H3,(H,27,31)/t17-,19-/m0/s1. The van der Waals surface area contributed by atoms with Crippen molar-refractivity contribution in [2.45, 2.75) is 51.4 Å². The molecule has 2 aromatic carbocycles. The first-order valence-corrected chi connectivity index (χ1v) is 10.6. The molecule has 10 heteroatoms. The number of halogens is 3. The molecule has 2 heterocycles. The van der Waals surface area contributed by atoms with Gasteiger partial charge in [-0.3, -0.25) is 4.79 Å². The van der Waals surface area contributed by atoms with Crippen LogP contribution in [-0.4, -0.2) is 47.9 Å². The van der Waals surface area contributed by atoms with Crippen molar-refractivity contribution in [3.8, 4) is 11.5 Å². The van der Waals surface area contributed by atoms with Crippen molar-refractivity contribution in [2.75, 3.05) is 11.4 Å². The SMILES string of the molecule is CC(C)NC(=O)N1C[C@@H]2C[C@H]1C(=O)N(Cc1ccc(OC(F)(F)F)cc1)c1ccccc1O2. The second-order valence-corrected chi connectivity index (χ2v) is 8.33. The second-order valence-electron chi connectivity index (χ2n) is 8.33. The maximum Gasteiger partial charge on any atom is 0.573 e. The quantitative estimate of drug-likeness (QED) is 0.742. The molecule has 0 spiro atoms. The number of hydrogen-bond acceptors (Lipinski definition) is 4. The van der Waals surface area contributed by atoms with Crippen LogP contribution < -0.4 is 19.7 Å². The molecule has 7 nitrogen and oxygen atoms in total. The number of urea groups is 1. The summed E-state index contributed by atoms with van der Waals surface area (Å²) in [6.07, 6.45) is -4.75. The summed E-state index contributed by atoms with van der Waals surface area (Å²) in [6.45, 7) is 4.04. The van der Waals surface area contributed by atoms with Gasteiger partial charge < -0.3 is 24.6 Å². The summed E-state index contributed by atoms with van der Waals surface area (Å²) in [5.74, 6) is -0.107. The minimum Gasteiger partial charge on any atom is -0.486 e. The number of alkyl halides is 3. The molecule has 176 valence electrons. The molecule has 1 saturated heterocycles. The fourth-order valence-corrected chi connectivity index (χ4v) is 4.07. The molecule has 2 aliphatic heterocycles. The highest BCUT2D eigenvalue weighted by Crippen LogP contribution is 2.37. The first kappa shape index (κ1) is 22.8. The molecule has 1 fully saturated rings. The van der Waals surface area contributed by atoms with E-state index in [4.69, 9.17) is 4.74 Å². The Morgan fingerprint density at radius 2 is 1.88 bits per heavy atom. The summed E-state index contributed by atoms with van der Waals surface area (Å²) in [5, 5.41) is 2.82. The van der Waals surface area contributed by atoms with E-state index in [1.165, 1.54) is 34.1 Å². The first-order chi connectivity index (χ1) is 15.6. The van der Waals surface area contributed by atoms with Crippen LogP contribution in [0.4, 0.5) is 23.7 Å². The third kappa shape index (κ3) is 5.15. The van der Waals surface area contributed by atoms with Gasteiger partial charge in [0.05, 0.1) is 18.8 Å². The zero-order valence-electron chi connectivity index (χ0n) is 18.1. The third-order valence-corrected chi connectivity index (χ3v) is 5.43. The average Bonchev–Trinajstić information content (AvgIpc) is 3.16.